The Morgan fingerprint density at radius 1 is 1.08 bits per heavy atom. The molecule has 4 nitrogen and oxygen atoms in total. The number of hydrogen-bond acceptors (Lipinski definition) is 3. The zero-order valence-corrected chi connectivity index (χ0v) is 16.3. The number of hydrogen-bond donors (Lipinski definition) is 1. The molecule has 146 valence electrons. The van der Waals surface area contributed by atoms with Crippen molar-refractivity contribution in [1.82, 2.24) is 0 Å². The van der Waals surface area contributed by atoms with Crippen molar-refractivity contribution in [3.8, 4) is 0 Å². The second-order valence-corrected chi connectivity index (χ2v) is 8.13. The molecular weight excluding hydrogens is 316 g/mol. The third-order valence-corrected chi connectivity index (χ3v) is 6.14. The molecule has 2 fully saturated rings. The summed E-state index contributed by atoms with van der Waals surface area (Å²) in [7, 11) is 0. The Balaban J connectivity index is 1.61. The van der Waals surface area contributed by atoms with E-state index in [2.05, 4.69) is 6.92 Å². The molecule has 2 aliphatic heterocycles. The SMILES string of the molecule is CCCCCCOC[C@H]1C(CCCCC[C@@H](C)C(=O)O)[C@H]2CC[C@@H]1O2. The van der Waals surface area contributed by atoms with E-state index >= 15 is 0 Å². The molecule has 2 rings (SSSR count). The van der Waals surface area contributed by atoms with Gasteiger partial charge in [-0.25, -0.2) is 0 Å². The van der Waals surface area contributed by atoms with Crippen molar-refractivity contribution >= 4 is 5.97 Å². The van der Waals surface area contributed by atoms with Crippen LogP contribution in [-0.4, -0.2) is 36.5 Å². The first-order valence-corrected chi connectivity index (χ1v) is 10.6. The van der Waals surface area contributed by atoms with Crippen molar-refractivity contribution in [2.24, 2.45) is 17.8 Å². The molecule has 2 heterocycles. The summed E-state index contributed by atoms with van der Waals surface area (Å²) in [4.78, 5) is 10.9. The minimum atomic E-state index is -0.669. The monoisotopic (exact) mass is 354 g/mol. The van der Waals surface area contributed by atoms with Crippen LogP contribution < -0.4 is 0 Å². The number of aliphatic carboxylic acids is 1. The van der Waals surface area contributed by atoms with Crippen molar-refractivity contribution < 1.29 is 19.4 Å². The van der Waals surface area contributed by atoms with Gasteiger partial charge in [-0.05, 0) is 38.0 Å². The van der Waals surface area contributed by atoms with E-state index < -0.39 is 5.97 Å². The van der Waals surface area contributed by atoms with E-state index in [-0.39, 0.29) is 5.92 Å². The van der Waals surface area contributed by atoms with Gasteiger partial charge < -0.3 is 14.6 Å². The van der Waals surface area contributed by atoms with Crippen molar-refractivity contribution in [2.45, 2.75) is 96.7 Å². The Bertz CT molecular complexity index is 384. The topological polar surface area (TPSA) is 55.8 Å². The van der Waals surface area contributed by atoms with Crippen LogP contribution in [0, 0.1) is 17.8 Å². The van der Waals surface area contributed by atoms with Gasteiger partial charge in [0, 0.05) is 12.5 Å². The number of fused-ring (bicyclic) bond motifs is 2. The molecule has 1 N–H and O–H groups in total. The van der Waals surface area contributed by atoms with Crippen molar-refractivity contribution in [2.75, 3.05) is 13.2 Å². The van der Waals surface area contributed by atoms with Gasteiger partial charge in [-0.2, -0.15) is 0 Å². The Kier molecular flexibility index (Phi) is 9.25. The fourth-order valence-electron chi connectivity index (χ4n) is 4.48. The van der Waals surface area contributed by atoms with Gasteiger partial charge in [0.05, 0.1) is 24.7 Å². The maximum Gasteiger partial charge on any atom is 0.306 e. The van der Waals surface area contributed by atoms with Crippen LogP contribution in [0.4, 0.5) is 0 Å². The van der Waals surface area contributed by atoms with Crippen LogP contribution in [0.25, 0.3) is 0 Å². The summed E-state index contributed by atoms with van der Waals surface area (Å²) in [5.74, 6) is 0.367. The summed E-state index contributed by atoms with van der Waals surface area (Å²) >= 11 is 0. The lowest BCUT2D eigenvalue weighted by molar-refractivity contribution is -0.141. The highest BCUT2D eigenvalue weighted by atomic mass is 16.5. The predicted molar refractivity (Wildman–Crippen MR) is 99.7 cm³/mol. The Morgan fingerprint density at radius 3 is 2.52 bits per heavy atom. The smallest absolute Gasteiger partial charge is 0.306 e. The van der Waals surface area contributed by atoms with E-state index in [1.807, 2.05) is 0 Å². The number of carboxylic acid groups (broad SMARTS) is 1. The number of unbranched alkanes of at least 4 members (excludes halogenated alkanes) is 5. The van der Waals surface area contributed by atoms with Gasteiger partial charge in [-0.1, -0.05) is 52.4 Å². The fourth-order valence-corrected chi connectivity index (χ4v) is 4.48. The summed E-state index contributed by atoms with van der Waals surface area (Å²) < 4.78 is 12.1. The first-order valence-electron chi connectivity index (χ1n) is 10.6. The summed E-state index contributed by atoms with van der Waals surface area (Å²) in [5, 5.41) is 8.94. The first-order chi connectivity index (χ1) is 12.1. The Labute approximate surface area is 153 Å². The molecule has 2 aliphatic rings. The van der Waals surface area contributed by atoms with Crippen LogP contribution in [0.5, 0.6) is 0 Å². The fraction of sp³-hybridized carbons (Fsp3) is 0.952. The first kappa shape index (κ1) is 20.7. The third-order valence-electron chi connectivity index (χ3n) is 6.14. The van der Waals surface area contributed by atoms with Gasteiger partial charge in [-0.15, -0.1) is 0 Å². The van der Waals surface area contributed by atoms with Crippen LogP contribution in [0.2, 0.25) is 0 Å². The highest BCUT2D eigenvalue weighted by Gasteiger charge is 2.48. The molecule has 0 aliphatic carbocycles. The number of ether oxygens (including phenoxy) is 2. The normalized spacial score (nSPS) is 29.2. The van der Waals surface area contributed by atoms with Gasteiger partial charge in [0.25, 0.3) is 0 Å². The van der Waals surface area contributed by atoms with E-state index in [1.165, 1.54) is 51.4 Å². The molecule has 0 amide bonds. The summed E-state index contributed by atoms with van der Waals surface area (Å²) in [5.41, 5.74) is 0. The summed E-state index contributed by atoms with van der Waals surface area (Å²) in [6, 6.07) is 0. The molecule has 4 heteroatoms. The highest BCUT2D eigenvalue weighted by molar-refractivity contribution is 5.69. The van der Waals surface area contributed by atoms with Gasteiger partial charge in [-0.3, -0.25) is 4.79 Å². The molecule has 0 saturated carbocycles. The molecule has 0 aromatic rings. The lowest BCUT2D eigenvalue weighted by atomic mass is 9.77. The lowest BCUT2D eigenvalue weighted by Crippen LogP contribution is -2.31. The van der Waals surface area contributed by atoms with Crippen LogP contribution in [0.1, 0.15) is 84.5 Å². The van der Waals surface area contributed by atoms with Crippen LogP contribution in [0.15, 0.2) is 0 Å². The maximum atomic E-state index is 10.9. The summed E-state index contributed by atoms with van der Waals surface area (Å²) in [6.45, 7) is 5.81. The lowest BCUT2D eigenvalue weighted by Gasteiger charge is -2.28. The van der Waals surface area contributed by atoms with E-state index in [9.17, 15) is 4.79 Å². The zero-order chi connectivity index (χ0) is 18.1. The molecule has 5 atom stereocenters. The van der Waals surface area contributed by atoms with Gasteiger partial charge in [0.1, 0.15) is 0 Å². The predicted octanol–water partition coefficient (Wildman–Crippen LogP) is 5.05. The van der Waals surface area contributed by atoms with Crippen LogP contribution in [-0.2, 0) is 14.3 Å². The van der Waals surface area contributed by atoms with Gasteiger partial charge in [0.15, 0.2) is 0 Å². The second kappa shape index (κ2) is 11.2. The summed E-state index contributed by atoms with van der Waals surface area (Å²) in [6.07, 6.45) is 13.7. The molecule has 25 heavy (non-hydrogen) atoms. The van der Waals surface area contributed by atoms with Crippen LogP contribution in [0.3, 0.4) is 0 Å². The largest absolute Gasteiger partial charge is 0.481 e. The molecular formula is C21H38O4. The molecule has 0 aromatic carbocycles. The number of carboxylic acids is 1. The van der Waals surface area contributed by atoms with Crippen LogP contribution >= 0.6 is 0 Å². The minimum absolute atomic E-state index is 0.209. The van der Waals surface area contributed by atoms with E-state index in [0.717, 1.165) is 32.5 Å². The second-order valence-electron chi connectivity index (χ2n) is 8.13. The van der Waals surface area contributed by atoms with E-state index in [0.29, 0.717) is 24.0 Å². The molecule has 2 saturated heterocycles. The van der Waals surface area contributed by atoms with Crippen molar-refractivity contribution in [3.63, 3.8) is 0 Å². The quantitative estimate of drug-likeness (QED) is 0.444. The zero-order valence-electron chi connectivity index (χ0n) is 16.3. The molecule has 0 aromatic heterocycles. The van der Waals surface area contributed by atoms with Gasteiger partial charge >= 0.3 is 5.97 Å². The average molecular weight is 355 g/mol. The standard InChI is InChI=1S/C21H38O4/c1-3-4-5-9-14-24-15-18-17(19-12-13-20(18)25-19)11-8-6-7-10-16(2)21(22)23/h16-20H,3-15H2,1-2H3,(H,22,23)/t16-,17?,18+,19-,20+/m1/s1. The van der Waals surface area contributed by atoms with Gasteiger partial charge in [0.2, 0.25) is 0 Å². The minimum Gasteiger partial charge on any atom is -0.481 e. The van der Waals surface area contributed by atoms with Crippen molar-refractivity contribution in [1.29, 1.82) is 0 Å². The highest BCUT2D eigenvalue weighted by Crippen LogP contribution is 2.45. The molecule has 1 unspecified atom stereocenters. The molecule has 0 radical (unpaired) electrons. The van der Waals surface area contributed by atoms with E-state index in [4.69, 9.17) is 14.6 Å². The maximum absolute atomic E-state index is 10.9. The number of carbonyl (C=O) groups is 1. The molecule has 2 bridgehead atoms. The van der Waals surface area contributed by atoms with E-state index in [1.54, 1.807) is 6.92 Å². The average Bonchev–Trinajstić information content (AvgIpc) is 3.19. The third kappa shape index (κ3) is 6.56. The van der Waals surface area contributed by atoms with Crippen molar-refractivity contribution in [3.05, 3.63) is 0 Å². The Hall–Kier alpha value is -0.610. The Morgan fingerprint density at radius 2 is 1.80 bits per heavy atom. The number of rotatable bonds is 14. The molecule has 0 spiro atoms.